The summed E-state index contributed by atoms with van der Waals surface area (Å²) in [7, 11) is 0. The number of nitrogens with one attached hydrogen (secondary N) is 1. The van der Waals surface area contributed by atoms with Crippen LogP contribution in [0.25, 0.3) is 0 Å². The Bertz CT molecular complexity index is 343. The Morgan fingerprint density at radius 3 is 2.78 bits per heavy atom. The van der Waals surface area contributed by atoms with E-state index < -0.39 is 6.09 Å². The third-order valence-corrected chi connectivity index (χ3v) is 3.76. The van der Waals surface area contributed by atoms with Crippen molar-refractivity contribution in [3.63, 3.8) is 0 Å². The van der Waals surface area contributed by atoms with Gasteiger partial charge >= 0.3 is 12.1 Å². The van der Waals surface area contributed by atoms with Crippen LogP contribution in [0, 0.1) is 11.8 Å². The van der Waals surface area contributed by atoms with E-state index >= 15 is 0 Å². The van der Waals surface area contributed by atoms with Gasteiger partial charge in [-0.3, -0.25) is 15.0 Å². The molecule has 5 nitrogen and oxygen atoms in total. The number of cyclic esters (lactones) is 2. The molecule has 0 saturated carbocycles. The summed E-state index contributed by atoms with van der Waals surface area (Å²) >= 11 is 0. The highest BCUT2D eigenvalue weighted by atomic mass is 16.6. The number of ether oxygens (including phenoxy) is 1. The number of hydrogen-bond donors (Lipinski definition) is 1. The lowest BCUT2D eigenvalue weighted by atomic mass is 9.90. The summed E-state index contributed by atoms with van der Waals surface area (Å²) in [5.41, 5.74) is 0. The van der Waals surface area contributed by atoms with E-state index in [0.717, 1.165) is 19.3 Å². The zero-order chi connectivity index (χ0) is 13.3. The number of amides is 1. The van der Waals surface area contributed by atoms with Crippen molar-refractivity contribution in [2.75, 3.05) is 6.54 Å². The van der Waals surface area contributed by atoms with Crippen molar-refractivity contribution in [2.45, 2.75) is 52.2 Å². The molecular weight excluding hydrogens is 232 g/mol. The highest BCUT2D eigenvalue weighted by Gasteiger charge is 2.45. The van der Waals surface area contributed by atoms with Gasteiger partial charge in [0.05, 0.1) is 12.1 Å². The Labute approximate surface area is 108 Å². The van der Waals surface area contributed by atoms with Gasteiger partial charge < -0.3 is 4.74 Å². The first-order valence-electron chi connectivity index (χ1n) is 6.77. The number of carbonyl (C=O) groups is 2. The second-order valence-corrected chi connectivity index (χ2v) is 5.76. The first-order valence-corrected chi connectivity index (χ1v) is 6.77. The molecule has 1 amide bonds. The van der Waals surface area contributed by atoms with E-state index in [1.54, 1.807) is 4.90 Å². The van der Waals surface area contributed by atoms with Crippen LogP contribution in [0.2, 0.25) is 0 Å². The Hall–Kier alpha value is -1.10. The Kier molecular flexibility index (Phi) is 3.90. The average Bonchev–Trinajstić information content (AvgIpc) is 2.27. The summed E-state index contributed by atoms with van der Waals surface area (Å²) in [5, 5.41) is 3.36. The lowest BCUT2D eigenvalue weighted by Crippen LogP contribution is -2.63. The van der Waals surface area contributed by atoms with Gasteiger partial charge in [0.15, 0.2) is 0 Å². The standard InChI is InChI=1S/C13H22N2O3/c1-8(2)6-7-15-11-10(5-4-9(3)14-11)12(16)18-13(15)17/h8-11,14H,4-7H2,1-3H3. The summed E-state index contributed by atoms with van der Waals surface area (Å²) in [4.78, 5) is 25.2. The topological polar surface area (TPSA) is 58.6 Å². The molecule has 0 aromatic carbocycles. The van der Waals surface area contributed by atoms with Gasteiger partial charge in [-0.2, -0.15) is 0 Å². The molecule has 0 spiro atoms. The number of rotatable bonds is 3. The van der Waals surface area contributed by atoms with Crippen LogP contribution < -0.4 is 5.32 Å². The number of carbonyl (C=O) groups excluding carboxylic acids is 2. The maximum absolute atomic E-state index is 11.8. The largest absolute Gasteiger partial charge is 0.418 e. The van der Waals surface area contributed by atoms with Gasteiger partial charge in [0.25, 0.3) is 0 Å². The van der Waals surface area contributed by atoms with Gasteiger partial charge in [0.2, 0.25) is 0 Å². The molecule has 3 unspecified atom stereocenters. The lowest BCUT2D eigenvalue weighted by molar-refractivity contribution is -0.154. The van der Waals surface area contributed by atoms with Crippen molar-refractivity contribution >= 4 is 12.1 Å². The maximum atomic E-state index is 11.8. The van der Waals surface area contributed by atoms with E-state index in [-0.39, 0.29) is 18.1 Å². The van der Waals surface area contributed by atoms with Crippen LogP contribution in [0.3, 0.4) is 0 Å². The Morgan fingerprint density at radius 1 is 1.39 bits per heavy atom. The molecule has 1 N–H and O–H groups in total. The van der Waals surface area contributed by atoms with Crippen molar-refractivity contribution < 1.29 is 14.3 Å². The van der Waals surface area contributed by atoms with E-state index in [1.807, 2.05) is 0 Å². The molecule has 2 rings (SSSR count). The molecule has 0 aromatic rings. The van der Waals surface area contributed by atoms with Crippen molar-refractivity contribution in [3.8, 4) is 0 Å². The molecule has 0 bridgehead atoms. The summed E-state index contributed by atoms with van der Waals surface area (Å²) in [6, 6.07) is 0.339. The summed E-state index contributed by atoms with van der Waals surface area (Å²) in [5.74, 6) is -0.0499. The number of hydrogen-bond acceptors (Lipinski definition) is 4. The molecule has 102 valence electrons. The zero-order valence-corrected chi connectivity index (χ0v) is 11.3. The third-order valence-electron chi connectivity index (χ3n) is 3.76. The van der Waals surface area contributed by atoms with Gasteiger partial charge in [0.1, 0.15) is 0 Å². The molecule has 2 heterocycles. The van der Waals surface area contributed by atoms with Crippen LogP contribution in [-0.4, -0.2) is 35.7 Å². The van der Waals surface area contributed by atoms with Crippen LogP contribution in [-0.2, 0) is 9.53 Å². The second kappa shape index (κ2) is 5.26. The third kappa shape index (κ3) is 2.66. The molecule has 18 heavy (non-hydrogen) atoms. The predicted octanol–water partition coefficient (Wildman–Crippen LogP) is 1.73. The van der Waals surface area contributed by atoms with Crippen LogP contribution in [0.15, 0.2) is 0 Å². The minimum atomic E-state index is -0.497. The average molecular weight is 254 g/mol. The van der Waals surface area contributed by atoms with Crippen molar-refractivity contribution in [1.82, 2.24) is 10.2 Å². The van der Waals surface area contributed by atoms with Crippen LogP contribution in [0.4, 0.5) is 4.79 Å². The minimum absolute atomic E-state index is 0.179. The monoisotopic (exact) mass is 254 g/mol. The SMILES string of the molecule is CC(C)CCN1C(=O)OC(=O)C2CCC(C)NC21. The smallest absolute Gasteiger partial charge is 0.376 e. The van der Waals surface area contributed by atoms with Gasteiger partial charge in [-0.05, 0) is 32.1 Å². The second-order valence-electron chi connectivity index (χ2n) is 5.76. The molecule has 2 saturated heterocycles. The van der Waals surface area contributed by atoms with Gasteiger partial charge in [-0.25, -0.2) is 4.79 Å². The molecule has 0 aromatic heterocycles. The number of fused-ring (bicyclic) bond motifs is 1. The van der Waals surface area contributed by atoms with Crippen molar-refractivity contribution in [2.24, 2.45) is 11.8 Å². The molecule has 3 atom stereocenters. The highest BCUT2D eigenvalue weighted by Crippen LogP contribution is 2.28. The van der Waals surface area contributed by atoms with Gasteiger partial charge in [-0.15, -0.1) is 0 Å². The van der Waals surface area contributed by atoms with E-state index in [9.17, 15) is 9.59 Å². The molecule has 2 fully saturated rings. The number of nitrogens with zero attached hydrogens (tertiary/aromatic N) is 1. The van der Waals surface area contributed by atoms with Crippen LogP contribution in [0.5, 0.6) is 0 Å². The molecule has 0 radical (unpaired) electrons. The van der Waals surface area contributed by atoms with Gasteiger partial charge in [-0.1, -0.05) is 13.8 Å². The minimum Gasteiger partial charge on any atom is -0.376 e. The van der Waals surface area contributed by atoms with E-state index in [4.69, 9.17) is 4.74 Å². The van der Waals surface area contributed by atoms with Crippen molar-refractivity contribution in [3.05, 3.63) is 0 Å². The maximum Gasteiger partial charge on any atom is 0.418 e. The van der Waals surface area contributed by atoms with Gasteiger partial charge in [0, 0.05) is 12.6 Å². The Balaban J connectivity index is 2.10. The number of piperidine rings is 1. The molecule has 2 aliphatic heterocycles. The molecule has 5 heteroatoms. The molecule has 0 aliphatic carbocycles. The fourth-order valence-electron chi connectivity index (χ4n) is 2.59. The van der Waals surface area contributed by atoms with Crippen LogP contribution >= 0.6 is 0 Å². The molecular formula is C13H22N2O3. The first-order chi connectivity index (χ1) is 8.49. The zero-order valence-electron chi connectivity index (χ0n) is 11.3. The fraction of sp³-hybridized carbons (Fsp3) is 0.846. The lowest BCUT2D eigenvalue weighted by Gasteiger charge is -2.44. The quantitative estimate of drug-likeness (QED) is 0.615. The highest BCUT2D eigenvalue weighted by molar-refractivity contribution is 5.89. The first kappa shape index (κ1) is 13.3. The summed E-state index contributed by atoms with van der Waals surface area (Å²) in [6.45, 7) is 6.97. The Morgan fingerprint density at radius 2 is 2.11 bits per heavy atom. The number of esters is 1. The fourth-order valence-corrected chi connectivity index (χ4v) is 2.59. The summed E-state index contributed by atoms with van der Waals surface area (Å²) in [6.07, 6.45) is 1.98. The predicted molar refractivity (Wildman–Crippen MR) is 66.8 cm³/mol. The van der Waals surface area contributed by atoms with E-state index in [0.29, 0.717) is 18.5 Å². The van der Waals surface area contributed by atoms with E-state index in [2.05, 4.69) is 26.1 Å². The van der Waals surface area contributed by atoms with Crippen LogP contribution in [0.1, 0.15) is 40.0 Å². The van der Waals surface area contributed by atoms with Crippen molar-refractivity contribution in [1.29, 1.82) is 0 Å². The normalized spacial score (nSPS) is 32.4. The van der Waals surface area contributed by atoms with E-state index in [1.165, 1.54) is 0 Å². The summed E-state index contributed by atoms with van der Waals surface area (Å²) < 4.78 is 4.84. The molecule has 2 aliphatic rings.